The second kappa shape index (κ2) is 13.4. The number of non-ortho nitro benzene ring substituents is 2. The Balaban J connectivity index is 1.37. The van der Waals surface area contributed by atoms with Gasteiger partial charge >= 0.3 is 12.1 Å². The smallest absolute Gasteiger partial charge is 0.410 e. The van der Waals surface area contributed by atoms with Crippen molar-refractivity contribution in [3.8, 4) is 0 Å². The van der Waals surface area contributed by atoms with Gasteiger partial charge in [-0.1, -0.05) is 0 Å². The number of rotatable bonds is 10. The molecule has 2 saturated heterocycles. The maximum absolute atomic E-state index is 13.6. The molecule has 2 amide bonds. The summed E-state index contributed by atoms with van der Waals surface area (Å²) < 4.78 is 10.8. The maximum atomic E-state index is 13.6. The molecule has 4 atom stereocenters. The first-order valence-electron chi connectivity index (χ1n) is 13.7. The van der Waals surface area contributed by atoms with E-state index in [9.17, 15) is 34.6 Å². The molecule has 4 rings (SSSR count). The van der Waals surface area contributed by atoms with Crippen molar-refractivity contribution >= 4 is 47.7 Å². The Labute approximate surface area is 257 Å². The van der Waals surface area contributed by atoms with Crippen LogP contribution >= 0.6 is 12.6 Å². The van der Waals surface area contributed by atoms with Crippen molar-refractivity contribution in [1.29, 1.82) is 5.41 Å². The van der Waals surface area contributed by atoms with Crippen molar-refractivity contribution in [2.75, 3.05) is 19.6 Å². The number of thiol groups is 1. The van der Waals surface area contributed by atoms with Crippen LogP contribution in [0.2, 0.25) is 0 Å². The summed E-state index contributed by atoms with van der Waals surface area (Å²) in [6.45, 7) is 1.50. The number of carbonyl (C=O) groups excluding carboxylic acids is 3. The number of likely N-dealkylation sites (tertiary alicyclic amines) is 2. The lowest BCUT2D eigenvalue weighted by atomic mass is 9.80. The van der Waals surface area contributed by atoms with E-state index in [1.165, 1.54) is 65.3 Å². The first-order chi connectivity index (χ1) is 20.8. The van der Waals surface area contributed by atoms with Crippen molar-refractivity contribution < 1.29 is 33.7 Å². The molecule has 2 aromatic rings. The molecule has 0 bridgehead atoms. The van der Waals surface area contributed by atoms with E-state index in [2.05, 4.69) is 12.6 Å². The lowest BCUT2D eigenvalue weighted by Gasteiger charge is -2.33. The summed E-state index contributed by atoms with van der Waals surface area (Å²) in [7, 11) is 0. The number of esters is 1. The number of carbonyl (C=O) groups is 3. The third kappa shape index (κ3) is 6.97. The Bertz CT molecular complexity index is 1450. The minimum absolute atomic E-state index is 0.0532. The SMILES string of the molecule is CC(=N)C(N)(C(=O)OCc1ccc([N+](=O)[O-])cc1)[C@H]1CCN(C(=O)[C@@H]2C[C@H](S)CN2C(=O)OCc2ccc([N+](=O)[O-])cc2)C1. The molecule has 2 fully saturated rings. The van der Waals surface area contributed by atoms with Crippen LogP contribution in [0.25, 0.3) is 0 Å². The van der Waals surface area contributed by atoms with E-state index in [1.807, 2.05) is 0 Å². The van der Waals surface area contributed by atoms with Gasteiger partial charge in [-0.05, 0) is 55.2 Å². The average molecular weight is 629 g/mol. The number of nitrogens with zero attached hydrogens (tertiary/aromatic N) is 4. The molecule has 1 unspecified atom stereocenters. The minimum Gasteiger partial charge on any atom is -0.459 e. The molecule has 234 valence electrons. The van der Waals surface area contributed by atoms with Gasteiger partial charge in [-0.2, -0.15) is 12.6 Å². The Morgan fingerprint density at radius 2 is 1.50 bits per heavy atom. The number of ether oxygens (including phenoxy) is 2. The number of amides is 2. The van der Waals surface area contributed by atoms with E-state index in [0.717, 1.165) is 0 Å². The fourth-order valence-electron chi connectivity index (χ4n) is 5.34. The molecule has 44 heavy (non-hydrogen) atoms. The predicted molar refractivity (Wildman–Crippen MR) is 159 cm³/mol. The number of nitro benzene ring substituents is 2. The van der Waals surface area contributed by atoms with E-state index in [-0.39, 0.29) is 67.5 Å². The highest BCUT2D eigenvalue weighted by Crippen LogP contribution is 2.32. The van der Waals surface area contributed by atoms with Gasteiger partial charge in [0.25, 0.3) is 11.4 Å². The summed E-state index contributed by atoms with van der Waals surface area (Å²) in [6, 6.07) is 10.2. The van der Waals surface area contributed by atoms with Crippen molar-refractivity contribution in [3.05, 3.63) is 79.9 Å². The van der Waals surface area contributed by atoms with Gasteiger partial charge in [-0.3, -0.25) is 29.9 Å². The molecule has 15 nitrogen and oxygen atoms in total. The zero-order valence-corrected chi connectivity index (χ0v) is 24.7. The normalized spacial score (nSPS) is 20.9. The van der Waals surface area contributed by atoms with Crippen LogP contribution in [-0.4, -0.2) is 79.8 Å². The van der Waals surface area contributed by atoms with Crippen LogP contribution in [0.5, 0.6) is 0 Å². The third-order valence-electron chi connectivity index (χ3n) is 7.93. The monoisotopic (exact) mass is 628 g/mol. The average Bonchev–Trinajstić information content (AvgIpc) is 3.66. The first kappa shape index (κ1) is 32.3. The zero-order chi connectivity index (χ0) is 32.2. The molecular formula is C28H32N6O9S. The van der Waals surface area contributed by atoms with E-state index < -0.39 is 39.4 Å². The minimum atomic E-state index is -1.82. The molecule has 2 aromatic carbocycles. The van der Waals surface area contributed by atoms with E-state index >= 15 is 0 Å². The van der Waals surface area contributed by atoms with E-state index in [4.69, 9.17) is 20.6 Å². The topological polar surface area (TPSA) is 212 Å². The Hall–Kier alpha value is -4.57. The van der Waals surface area contributed by atoms with Gasteiger partial charge in [0.1, 0.15) is 19.3 Å². The van der Waals surface area contributed by atoms with E-state index in [0.29, 0.717) is 17.5 Å². The highest BCUT2D eigenvalue weighted by atomic mass is 32.1. The Morgan fingerprint density at radius 3 is 2.00 bits per heavy atom. The molecule has 3 N–H and O–H groups in total. The number of nitro groups is 2. The molecule has 0 aliphatic carbocycles. The fraction of sp³-hybridized carbons (Fsp3) is 0.429. The molecular weight excluding hydrogens is 596 g/mol. The van der Waals surface area contributed by atoms with E-state index in [1.54, 1.807) is 0 Å². The van der Waals surface area contributed by atoms with Crippen molar-refractivity contribution in [3.63, 3.8) is 0 Å². The number of nitrogens with one attached hydrogen (secondary N) is 1. The number of nitrogens with two attached hydrogens (primary N) is 1. The summed E-state index contributed by atoms with van der Waals surface area (Å²) >= 11 is 4.47. The van der Waals surface area contributed by atoms with Crippen LogP contribution in [0.3, 0.4) is 0 Å². The second-order valence-corrected chi connectivity index (χ2v) is 11.5. The van der Waals surface area contributed by atoms with Gasteiger partial charge in [-0.25, -0.2) is 9.59 Å². The highest BCUT2D eigenvalue weighted by Gasteiger charge is 2.50. The molecule has 0 radical (unpaired) electrons. The summed E-state index contributed by atoms with van der Waals surface area (Å²) in [5.41, 5.74) is 5.37. The summed E-state index contributed by atoms with van der Waals surface area (Å²) in [5, 5.41) is 29.7. The molecule has 2 heterocycles. The van der Waals surface area contributed by atoms with Crippen molar-refractivity contribution in [2.24, 2.45) is 11.7 Å². The molecule has 2 aliphatic rings. The van der Waals surface area contributed by atoms with Crippen LogP contribution in [0.1, 0.15) is 30.9 Å². The summed E-state index contributed by atoms with van der Waals surface area (Å²) in [4.78, 5) is 63.2. The van der Waals surface area contributed by atoms with Gasteiger partial charge in [0.2, 0.25) is 5.91 Å². The molecule has 2 aliphatic heterocycles. The maximum Gasteiger partial charge on any atom is 0.410 e. The predicted octanol–water partition coefficient (Wildman–Crippen LogP) is 2.84. The molecule has 0 aromatic heterocycles. The number of hydrogen-bond donors (Lipinski definition) is 3. The summed E-state index contributed by atoms with van der Waals surface area (Å²) in [5.74, 6) is -1.85. The Kier molecular flexibility index (Phi) is 9.84. The van der Waals surface area contributed by atoms with Gasteiger partial charge in [0, 0.05) is 60.8 Å². The zero-order valence-electron chi connectivity index (χ0n) is 23.8. The van der Waals surface area contributed by atoms with Crippen LogP contribution in [0.15, 0.2) is 48.5 Å². The lowest BCUT2D eigenvalue weighted by molar-refractivity contribution is -0.385. The largest absolute Gasteiger partial charge is 0.459 e. The third-order valence-corrected chi connectivity index (χ3v) is 8.30. The van der Waals surface area contributed by atoms with Gasteiger partial charge < -0.3 is 25.5 Å². The molecule has 16 heteroatoms. The number of benzene rings is 2. The first-order valence-corrected chi connectivity index (χ1v) is 14.2. The van der Waals surface area contributed by atoms with Gasteiger partial charge in [-0.15, -0.1) is 0 Å². The van der Waals surface area contributed by atoms with Gasteiger partial charge in [0.15, 0.2) is 5.54 Å². The highest BCUT2D eigenvalue weighted by molar-refractivity contribution is 7.81. The van der Waals surface area contributed by atoms with Crippen LogP contribution in [0.4, 0.5) is 16.2 Å². The second-order valence-electron chi connectivity index (χ2n) is 10.8. The standard InChI is InChI=1S/C28H32N6O9S/c1-17(29)28(30,26(36)42-15-18-2-6-21(7-3-18)33(38)39)20-10-11-31(13-20)25(35)24-12-23(44)14-32(24)27(37)43-16-19-4-8-22(9-5-19)34(40)41/h2-9,20,23-24,29,44H,10-16,30H2,1H3/t20-,23-,24-,28?/m0/s1. The lowest BCUT2D eigenvalue weighted by Crippen LogP contribution is -2.60. The van der Waals surface area contributed by atoms with Crippen molar-refractivity contribution in [1.82, 2.24) is 9.80 Å². The molecule has 0 spiro atoms. The Morgan fingerprint density at radius 1 is 0.977 bits per heavy atom. The van der Waals surface area contributed by atoms with Crippen LogP contribution in [0, 0.1) is 31.6 Å². The molecule has 0 saturated carbocycles. The quantitative estimate of drug-likeness (QED) is 0.115. The van der Waals surface area contributed by atoms with Crippen molar-refractivity contribution in [2.45, 2.75) is 49.8 Å². The fourth-order valence-corrected chi connectivity index (χ4v) is 5.72. The van der Waals surface area contributed by atoms with Gasteiger partial charge in [0.05, 0.1) is 9.85 Å². The summed E-state index contributed by atoms with van der Waals surface area (Å²) in [6.07, 6.45) is -0.135. The van der Waals surface area contributed by atoms with Crippen LogP contribution < -0.4 is 5.73 Å². The van der Waals surface area contributed by atoms with Crippen LogP contribution in [-0.2, 0) is 32.3 Å². The number of hydrogen-bond acceptors (Lipinski definition) is 12.